The molecule has 4 rings (SSSR count). The number of halogens is 2. The van der Waals surface area contributed by atoms with E-state index in [1.165, 1.54) is 24.3 Å². The van der Waals surface area contributed by atoms with Gasteiger partial charge >= 0.3 is 0 Å². The fourth-order valence-corrected chi connectivity index (χ4v) is 3.88. The molecule has 0 amide bonds. The third kappa shape index (κ3) is 6.25. The average Bonchev–Trinajstić information content (AvgIpc) is 2.88. The Kier molecular flexibility index (Phi) is 8.74. The van der Waals surface area contributed by atoms with Crippen LogP contribution < -0.4 is 4.90 Å². The van der Waals surface area contributed by atoms with Crippen LogP contribution in [-0.4, -0.2) is 18.3 Å². The second kappa shape index (κ2) is 11.9. The molecule has 0 bridgehead atoms. The number of benzene rings is 4. The van der Waals surface area contributed by atoms with Crippen molar-refractivity contribution < 1.29 is 8.78 Å². The van der Waals surface area contributed by atoms with E-state index >= 15 is 0 Å². The molecular weight excluding hydrogens is 452 g/mol. The molecular formula is C31H31F2N3. The minimum Gasteiger partial charge on any atom is -0.345 e. The van der Waals surface area contributed by atoms with Crippen LogP contribution in [0.3, 0.4) is 0 Å². The van der Waals surface area contributed by atoms with Crippen LogP contribution in [0.25, 0.3) is 0 Å². The number of hydrogen-bond acceptors (Lipinski definition) is 2. The summed E-state index contributed by atoms with van der Waals surface area (Å²) < 4.78 is 26.9. The molecule has 3 nitrogen and oxygen atoms in total. The summed E-state index contributed by atoms with van der Waals surface area (Å²) in [5.74, 6) is -0.537. The van der Waals surface area contributed by atoms with Gasteiger partial charge in [-0.1, -0.05) is 56.5 Å². The van der Waals surface area contributed by atoms with Crippen LogP contribution in [0.2, 0.25) is 0 Å². The maximum absolute atomic E-state index is 13.6. The molecule has 1 unspecified atom stereocenters. The third-order valence-corrected chi connectivity index (χ3v) is 5.80. The molecule has 184 valence electrons. The van der Waals surface area contributed by atoms with Gasteiger partial charge in [-0.2, -0.15) is 0 Å². The van der Waals surface area contributed by atoms with Crippen LogP contribution in [0, 0.1) is 11.6 Å². The average molecular weight is 484 g/mol. The molecule has 0 radical (unpaired) electrons. The predicted octanol–water partition coefficient (Wildman–Crippen LogP) is 8.65. The van der Waals surface area contributed by atoms with Gasteiger partial charge in [0.15, 0.2) is 0 Å². The van der Waals surface area contributed by atoms with Crippen molar-refractivity contribution >= 4 is 23.4 Å². The molecule has 0 aliphatic heterocycles. The van der Waals surface area contributed by atoms with Gasteiger partial charge in [0.1, 0.15) is 11.6 Å². The molecule has 4 aromatic carbocycles. The quantitative estimate of drug-likeness (QED) is 0.184. The summed E-state index contributed by atoms with van der Waals surface area (Å²) >= 11 is 0. The Morgan fingerprint density at radius 1 is 0.750 bits per heavy atom. The Balaban J connectivity index is 0.00000361. The van der Waals surface area contributed by atoms with Gasteiger partial charge in [0, 0.05) is 24.1 Å². The van der Waals surface area contributed by atoms with E-state index in [0.717, 1.165) is 33.9 Å². The van der Waals surface area contributed by atoms with Crippen molar-refractivity contribution in [3.63, 3.8) is 0 Å². The Morgan fingerprint density at radius 2 is 1.22 bits per heavy atom. The van der Waals surface area contributed by atoms with Crippen molar-refractivity contribution in [3.05, 3.63) is 138 Å². The minimum absolute atomic E-state index is 0. The zero-order valence-electron chi connectivity index (χ0n) is 19.8. The largest absolute Gasteiger partial charge is 0.345 e. The lowest BCUT2D eigenvalue weighted by atomic mass is 9.97. The molecule has 0 heterocycles. The van der Waals surface area contributed by atoms with Crippen LogP contribution in [-0.2, 0) is 0 Å². The SMILES string of the molecule is C.C=C(C)N(C=Nc1ccc(N(C)c2ccc(F)cc2)cc1)C(c1ccccc1)c1ccc(F)cc1. The van der Waals surface area contributed by atoms with Crippen LogP contribution >= 0.6 is 0 Å². The smallest absolute Gasteiger partial charge is 0.123 e. The van der Waals surface area contributed by atoms with Crippen molar-refractivity contribution in [2.24, 2.45) is 4.99 Å². The van der Waals surface area contributed by atoms with E-state index in [-0.39, 0.29) is 25.1 Å². The zero-order valence-corrected chi connectivity index (χ0v) is 19.8. The molecule has 0 aliphatic carbocycles. The maximum atomic E-state index is 13.6. The fraction of sp³-hybridized carbons (Fsp3) is 0.129. The lowest BCUT2D eigenvalue weighted by molar-refractivity contribution is 0.449. The Morgan fingerprint density at radius 3 is 1.75 bits per heavy atom. The monoisotopic (exact) mass is 483 g/mol. The highest BCUT2D eigenvalue weighted by atomic mass is 19.1. The van der Waals surface area contributed by atoms with E-state index in [9.17, 15) is 8.78 Å². The van der Waals surface area contributed by atoms with Gasteiger partial charge in [0.05, 0.1) is 18.1 Å². The summed E-state index contributed by atoms with van der Waals surface area (Å²) in [7, 11) is 1.93. The highest BCUT2D eigenvalue weighted by Gasteiger charge is 2.21. The number of rotatable bonds is 8. The topological polar surface area (TPSA) is 18.8 Å². The summed E-state index contributed by atoms with van der Waals surface area (Å²) in [6.07, 6.45) is 1.77. The van der Waals surface area contributed by atoms with Gasteiger partial charge in [0.2, 0.25) is 0 Å². The van der Waals surface area contributed by atoms with Gasteiger partial charge in [-0.3, -0.25) is 0 Å². The minimum atomic E-state index is -0.276. The van der Waals surface area contributed by atoms with Crippen molar-refractivity contribution in [2.45, 2.75) is 20.4 Å². The molecule has 0 saturated carbocycles. The number of nitrogens with zero attached hydrogens (tertiary/aromatic N) is 3. The highest BCUT2D eigenvalue weighted by Crippen LogP contribution is 2.31. The fourth-order valence-electron chi connectivity index (χ4n) is 3.88. The lowest BCUT2D eigenvalue weighted by Gasteiger charge is -2.31. The van der Waals surface area contributed by atoms with Crippen LogP contribution in [0.5, 0.6) is 0 Å². The Hall–Kier alpha value is -4.25. The summed E-state index contributed by atoms with van der Waals surface area (Å²) in [6.45, 7) is 6.08. The van der Waals surface area contributed by atoms with E-state index in [1.807, 2.05) is 78.4 Å². The highest BCUT2D eigenvalue weighted by molar-refractivity contribution is 5.68. The second-order valence-corrected chi connectivity index (χ2v) is 8.30. The van der Waals surface area contributed by atoms with Crippen LogP contribution in [0.4, 0.5) is 25.8 Å². The first-order chi connectivity index (χ1) is 16.9. The number of allylic oxidation sites excluding steroid dienone is 1. The van der Waals surface area contributed by atoms with E-state index < -0.39 is 0 Å². The molecule has 5 heteroatoms. The lowest BCUT2D eigenvalue weighted by Crippen LogP contribution is -2.26. The van der Waals surface area contributed by atoms with E-state index in [0.29, 0.717) is 0 Å². The standard InChI is InChI=1S/C30H27F2N3.CH4/c1-22(2)35(30(23-7-5-4-6-8-23)24-9-11-25(31)12-10-24)21-33-27-15-19-29(20-16-27)34(3)28-17-13-26(32)14-18-28;/h4-21,30H,1H2,2-3H3;1H4. The zero-order chi connectivity index (χ0) is 24.8. The first-order valence-corrected chi connectivity index (χ1v) is 11.3. The molecule has 0 fully saturated rings. The molecule has 0 aliphatic rings. The van der Waals surface area contributed by atoms with Crippen LogP contribution in [0.15, 0.2) is 120 Å². The molecule has 4 aromatic rings. The van der Waals surface area contributed by atoms with Gasteiger partial charge in [-0.15, -0.1) is 0 Å². The molecule has 1 atom stereocenters. The van der Waals surface area contributed by atoms with Gasteiger partial charge in [-0.25, -0.2) is 13.8 Å². The van der Waals surface area contributed by atoms with Crippen molar-refractivity contribution in [2.75, 3.05) is 11.9 Å². The van der Waals surface area contributed by atoms with Crippen LogP contribution in [0.1, 0.15) is 31.5 Å². The molecule has 0 N–H and O–H groups in total. The molecule has 0 aromatic heterocycles. The second-order valence-electron chi connectivity index (χ2n) is 8.30. The maximum Gasteiger partial charge on any atom is 0.123 e. The normalized spacial score (nSPS) is 11.6. The Bertz CT molecular complexity index is 1280. The number of hydrogen-bond donors (Lipinski definition) is 0. The van der Waals surface area contributed by atoms with Crippen molar-refractivity contribution in [1.82, 2.24) is 4.90 Å². The first-order valence-electron chi connectivity index (χ1n) is 11.3. The van der Waals surface area contributed by atoms with E-state index in [4.69, 9.17) is 4.99 Å². The number of aliphatic imine (C=N–C) groups is 1. The molecule has 36 heavy (non-hydrogen) atoms. The molecule has 0 saturated heterocycles. The summed E-state index contributed by atoms with van der Waals surface area (Å²) in [5, 5.41) is 0. The third-order valence-electron chi connectivity index (χ3n) is 5.80. The summed E-state index contributed by atoms with van der Waals surface area (Å²) in [6, 6.07) is 30.5. The van der Waals surface area contributed by atoms with Crippen molar-refractivity contribution in [1.29, 1.82) is 0 Å². The van der Waals surface area contributed by atoms with E-state index in [2.05, 4.69) is 6.58 Å². The molecule has 0 spiro atoms. The Labute approximate surface area is 212 Å². The first kappa shape index (κ1) is 26.4. The van der Waals surface area contributed by atoms with Gasteiger partial charge < -0.3 is 9.80 Å². The summed E-state index contributed by atoms with van der Waals surface area (Å²) in [5.41, 5.74) is 5.41. The van der Waals surface area contributed by atoms with Gasteiger partial charge in [-0.05, 0) is 78.7 Å². The summed E-state index contributed by atoms with van der Waals surface area (Å²) in [4.78, 5) is 8.67. The van der Waals surface area contributed by atoms with Crippen molar-refractivity contribution in [3.8, 4) is 0 Å². The predicted molar refractivity (Wildman–Crippen MR) is 147 cm³/mol. The van der Waals surface area contributed by atoms with Gasteiger partial charge in [0.25, 0.3) is 0 Å². The number of anilines is 2. The van der Waals surface area contributed by atoms with E-state index in [1.54, 1.807) is 30.6 Å².